The highest BCUT2D eigenvalue weighted by molar-refractivity contribution is 6.09. The number of carbonyl (C=O) groups excluding carboxylic acids is 1. The van der Waals surface area contributed by atoms with E-state index in [0.717, 1.165) is 50.3 Å². The van der Waals surface area contributed by atoms with Crippen molar-refractivity contribution in [1.82, 2.24) is 9.47 Å². The van der Waals surface area contributed by atoms with E-state index in [2.05, 4.69) is 35.8 Å². The van der Waals surface area contributed by atoms with Gasteiger partial charge in [-0.1, -0.05) is 13.3 Å². The minimum atomic E-state index is 0.253. The first-order chi connectivity index (χ1) is 14.1. The number of aromatic nitrogens is 1. The van der Waals surface area contributed by atoms with Crippen LogP contribution in [0.2, 0.25) is 0 Å². The van der Waals surface area contributed by atoms with Crippen LogP contribution in [0.5, 0.6) is 11.5 Å². The van der Waals surface area contributed by atoms with E-state index in [0.29, 0.717) is 6.42 Å². The van der Waals surface area contributed by atoms with Gasteiger partial charge in [0.2, 0.25) is 5.91 Å². The zero-order chi connectivity index (χ0) is 20.8. The fourth-order valence-corrected chi connectivity index (χ4v) is 3.93. The molecule has 2 aromatic carbocycles. The van der Waals surface area contributed by atoms with Crippen molar-refractivity contribution in [1.29, 1.82) is 0 Å². The Hall–Kier alpha value is -2.69. The van der Waals surface area contributed by atoms with Crippen molar-refractivity contribution in [3.8, 4) is 11.5 Å². The van der Waals surface area contributed by atoms with Gasteiger partial charge in [-0.25, -0.2) is 0 Å². The van der Waals surface area contributed by atoms with Crippen LogP contribution in [-0.2, 0) is 11.3 Å². The van der Waals surface area contributed by atoms with E-state index < -0.39 is 0 Å². The second kappa shape index (κ2) is 9.68. The molecule has 0 aliphatic rings. The van der Waals surface area contributed by atoms with Gasteiger partial charge in [0.05, 0.1) is 14.2 Å². The molecule has 0 aliphatic heterocycles. The van der Waals surface area contributed by atoms with Gasteiger partial charge in [0.15, 0.2) is 0 Å². The van der Waals surface area contributed by atoms with Gasteiger partial charge < -0.3 is 18.9 Å². The highest BCUT2D eigenvalue weighted by Gasteiger charge is 2.13. The van der Waals surface area contributed by atoms with Gasteiger partial charge in [-0.3, -0.25) is 4.79 Å². The van der Waals surface area contributed by atoms with Crippen LogP contribution >= 0.6 is 0 Å². The number of rotatable bonds is 10. The lowest BCUT2D eigenvalue weighted by molar-refractivity contribution is -0.130. The van der Waals surface area contributed by atoms with Crippen molar-refractivity contribution in [2.24, 2.45) is 0 Å². The maximum atomic E-state index is 12.1. The predicted molar refractivity (Wildman–Crippen MR) is 119 cm³/mol. The van der Waals surface area contributed by atoms with Crippen LogP contribution < -0.4 is 9.47 Å². The van der Waals surface area contributed by atoms with E-state index in [1.807, 2.05) is 24.1 Å². The van der Waals surface area contributed by atoms with E-state index in [-0.39, 0.29) is 5.91 Å². The zero-order valence-corrected chi connectivity index (χ0v) is 18.0. The number of amides is 1. The van der Waals surface area contributed by atoms with Crippen LogP contribution in [0.4, 0.5) is 0 Å². The Morgan fingerprint density at radius 3 is 2.03 bits per heavy atom. The van der Waals surface area contributed by atoms with E-state index in [1.165, 1.54) is 21.8 Å². The van der Waals surface area contributed by atoms with Crippen LogP contribution in [0.1, 0.15) is 39.0 Å². The zero-order valence-electron chi connectivity index (χ0n) is 18.0. The Morgan fingerprint density at radius 1 is 0.931 bits per heavy atom. The average molecular weight is 397 g/mol. The van der Waals surface area contributed by atoms with Gasteiger partial charge in [-0.15, -0.1) is 0 Å². The van der Waals surface area contributed by atoms with Gasteiger partial charge >= 0.3 is 0 Å². The Kier molecular flexibility index (Phi) is 7.02. The minimum absolute atomic E-state index is 0.253. The molecule has 0 saturated heterocycles. The summed E-state index contributed by atoms with van der Waals surface area (Å²) in [5.74, 6) is 1.96. The van der Waals surface area contributed by atoms with Crippen LogP contribution in [0, 0.1) is 0 Å². The molecule has 5 nitrogen and oxygen atoms in total. The van der Waals surface area contributed by atoms with Gasteiger partial charge in [0.1, 0.15) is 11.5 Å². The summed E-state index contributed by atoms with van der Waals surface area (Å²) in [4.78, 5) is 13.9. The number of fused-ring (bicyclic) bond motifs is 3. The van der Waals surface area contributed by atoms with Gasteiger partial charge in [0.25, 0.3) is 0 Å². The third-order valence-electron chi connectivity index (χ3n) is 5.54. The monoisotopic (exact) mass is 396 g/mol. The van der Waals surface area contributed by atoms with E-state index in [9.17, 15) is 4.79 Å². The van der Waals surface area contributed by atoms with Crippen molar-refractivity contribution in [2.45, 2.75) is 45.6 Å². The minimum Gasteiger partial charge on any atom is -0.497 e. The normalized spacial score (nSPS) is 11.2. The molecular weight excluding hydrogens is 364 g/mol. The second-order valence-electron chi connectivity index (χ2n) is 7.54. The fourth-order valence-electron chi connectivity index (χ4n) is 3.93. The van der Waals surface area contributed by atoms with E-state index >= 15 is 0 Å². The van der Waals surface area contributed by atoms with Gasteiger partial charge in [0, 0.05) is 48.4 Å². The van der Waals surface area contributed by atoms with E-state index in [1.54, 1.807) is 14.2 Å². The Labute approximate surface area is 173 Å². The molecule has 5 heteroatoms. The molecule has 0 saturated carbocycles. The number of unbranched alkanes of at least 4 members (excludes halogenated alkanes) is 2. The number of nitrogens with zero attached hydrogens (tertiary/aromatic N) is 2. The number of aryl methyl sites for hydroxylation is 1. The fraction of sp³-hybridized carbons (Fsp3) is 0.458. The number of benzene rings is 2. The van der Waals surface area contributed by atoms with Crippen LogP contribution in [0.25, 0.3) is 21.8 Å². The Balaban J connectivity index is 1.74. The summed E-state index contributed by atoms with van der Waals surface area (Å²) < 4.78 is 13.2. The largest absolute Gasteiger partial charge is 0.497 e. The lowest BCUT2D eigenvalue weighted by Gasteiger charge is -2.15. The smallest absolute Gasteiger partial charge is 0.222 e. The SMILES string of the molecule is CCCN(C)C(=O)CCCCCn1c2ccc(OC)cc2c2cc(OC)ccc21. The first kappa shape index (κ1) is 21.0. The summed E-state index contributed by atoms with van der Waals surface area (Å²) in [5.41, 5.74) is 2.40. The lowest BCUT2D eigenvalue weighted by atomic mass is 10.1. The third-order valence-corrected chi connectivity index (χ3v) is 5.54. The molecular formula is C24H32N2O3. The van der Waals surface area contributed by atoms with Crippen LogP contribution in [-0.4, -0.2) is 43.2 Å². The Morgan fingerprint density at radius 2 is 1.52 bits per heavy atom. The molecule has 1 amide bonds. The third kappa shape index (κ3) is 4.66. The molecule has 0 spiro atoms. The lowest BCUT2D eigenvalue weighted by Crippen LogP contribution is -2.26. The molecule has 0 radical (unpaired) electrons. The first-order valence-electron chi connectivity index (χ1n) is 10.5. The molecule has 1 aromatic heterocycles. The highest BCUT2D eigenvalue weighted by Crippen LogP contribution is 2.34. The molecule has 0 atom stereocenters. The molecule has 156 valence electrons. The van der Waals surface area contributed by atoms with Crippen molar-refractivity contribution in [3.05, 3.63) is 36.4 Å². The first-order valence-corrected chi connectivity index (χ1v) is 10.5. The molecule has 0 aliphatic carbocycles. The molecule has 1 heterocycles. The maximum Gasteiger partial charge on any atom is 0.222 e. The molecule has 3 rings (SSSR count). The molecule has 0 fully saturated rings. The summed E-state index contributed by atoms with van der Waals surface area (Å²) in [6, 6.07) is 12.5. The summed E-state index contributed by atoms with van der Waals surface area (Å²) in [7, 11) is 5.28. The number of hydrogen-bond acceptors (Lipinski definition) is 3. The Bertz CT molecular complexity index is 916. The second-order valence-corrected chi connectivity index (χ2v) is 7.54. The van der Waals surface area contributed by atoms with Gasteiger partial charge in [-0.2, -0.15) is 0 Å². The van der Waals surface area contributed by atoms with Crippen molar-refractivity contribution in [3.63, 3.8) is 0 Å². The quantitative estimate of drug-likeness (QED) is 0.440. The van der Waals surface area contributed by atoms with Crippen molar-refractivity contribution < 1.29 is 14.3 Å². The molecule has 0 N–H and O–H groups in total. The average Bonchev–Trinajstić information content (AvgIpc) is 3.05. The summed E-state index contributed by atoms with van der Waals surface area (Å²) in [5, 5.41) is 2.35. The highest BCUT2D eigenvalue weighted by atomic mass is 16.5. The molecule has 29 heavy (non-hydrogen) atoms. The molecule has 0 bridgehead atoms. The van der Waals surface area contributed by atoms with Crippen LogP contribution in [0.3, 0.4) is 0 Å². The topological polar surface area (TPSA) is 43.7 Å². The van der Waals surface area contributed by atoms with E-state index in [4.69, 9.17) is 9.47 Å². The number of methoxy groups -OCH3 is 2. The molecule has 0 unspecified atom stereocenters. The van der Waals surface area contributed by atoms with Crippen LogP contribution in [0.15, 0.2) is 36.4 Å². The predicted octanol–water partition coefficient (Wildman–Crippen LogP) is 5.24. The number of hydrogen-bond donors (Lipinski definition) is 0. The number of carbonyl (C=O) groups is 1. The summed E-state index contributed by atoms with van der Waals surface area (Å²) >= 11 is 0. The standard InChI is InChI=1S/C24H32N2O3/c1-5-14-25(2)24(27)9-7-6-8-15-26-22-12-10-18(28-3)16-20(22)21-17-19(29-4)11-13-23(21)26/h10-13,16-17H,5-9,14-15H2,1-4H3. The molecule has 3 aromatic rings. The maximum absolute atomic E-state index is 12.1. The number of ether oxygens (including phenoxy) is 2. The van der Waals surface area contributed by atoms with Gasteiger partial charge in [-0.05, 0) is 55.7 Å². The van der Waals surface area contributed by atoms with Crippen molar-refractivity contribution >= 4 is 27.7 Å². The summed E-state index contributed by atoms with van der Waals surface area (Å²) in [6.45, 7) is 3.87. The summed E-state index contributed by atoms with van der Waals surface area (Å²) in [6.07, 6.45) is 4.66. The van der Waals surface area contributed by atoms with Crippen molar-refractivity contribution in [2.75, 3.05) is 27.8 Å².